The average Bonchev–Trinajstić information content (AvgIpc) is 3.50. The van der Waals surface area contributed by atoms with Crippen LogP contribution in [0.15, 0.2) is 194 Å². The van der Waals surface area contributed by atoms with E-state index in [1.165, 1.54) is 33.4 Å². The lowest BCUT2D eigenvalue weighted by Crippen LogP contribution is -2.28. The van der Waals surface area contributed by atoms with Gasteiger partial charge in [0.1, 0.15) is 0 Å². The van der Waals surface area contributed by atoms with E-state index < -0.39 is 5.41 Å². The van der Waals surface area contributed by atoms with Crippen LogP contribution in [0.4, 0.5) is 0 Å². The third kappa shape index (κ3) is 4.89. The Morgan fingerprint density at radius 2 is 0.755 bits per heavy atom. The molecule has 7 aromatic carbocycles. The van der Waals surface area contributed by atoms with E-state index >= 15 is 0 Å². The van der Waals surface area contributed by atoms with Crippen molar-refractivity contribution < 1.29 is 0 Å². The summed E-state index contributed by atoms with van der Waals surface area (Å²) >= 11 is 0. The minimum atomic E-state index is -0.441. The van der Waals surface area contributed by atoms with Gasteiger partial charge in [0.25, 0.3) is 0 Å². The second kappa shape index (κ2) is 12.0. The molecule has 0 spiro atoms. The maximum Gasteiger partial charge on any atom is 0.160 e. The highest BCUT2D eigenvalue weighted by atomic mass is 14.9. The quantitative estimate of drug-likeness (QED) is 0.184. The number of hydrogen-bond acceptors (Lipinski definition) is 2. The molecule has 0 saturated carbocycles. The van der Waals surface area contributed by atoms with E-state index in [1.54, 1.807) is 0 Å². The smallest absolute Gasteiger partial charge is 0.160 e. The van der Waals surface area contributed by atoms with Gasteiger partial charge in [-0.15, -0.1) is 0 Å². The SMILES string of the molecule is c1ccc(-c2cc(-c3cccc(-c4cccc(C5(c6ccccc6)c6ccccc6-c6ccccc65)c4)c3)nc(-c3ccccc3)n2)cc1. The van der Waals surface area contributed by atoms with E-state index in [4.69, 9.17) is 9.97 Å². The van der Waals surface area contributed by atoms with E-state index in [0.717, 1.165) is 39.2 Å². The van der Waals surface area contributed by atoms with Crippen molar-refractivity contribution in [1.29, 1.82) is 0 Å². The standard InChI is InChI=1S/C47H32N2/c1-4-16-33(17-5-1)44-32-45(49-46(48-44)34-18-6-2-7-19-34)37-22-14-20-35(30-37)36-21-15-25-39(31-36)47(38-23-8-3-9-24-38)42-28-12-10-26-40(42)41-27-11-13-29-43(41)47/h1-32H. The molecule has 0 atom stereocenters. The van der Waals surface area contributed by atoms with Crippen molar-refractivity contribution in [2.75, 3.05) is 0 Å². The van der Waals surface area contributed by atoms with Crippen LogP contribution in [0.1, 0.15) is 22.3 Å². The molecule has 230 valence electrons. The Morgan fingerprint density at radius 3 is 1.41 bits per heavy atom. The van der Waals surface area contributed by atoms with Gasteiger partial charge < -0.3 is 0 Å². The fourth-order valence-electron chi connectivity index (χ4n) is 7.57. The summed E-state index contributed by atoms with van der Waals surface area (Å²) in [7, 11) is 0. The van der Waals surface area contributed by atoms with Crippen LogP contribution in [0.3, 0.4) is 0 Å². The summed E-state index contributed by atoms with van der Waals surface area (Å²) in [5.41, 5.74) is 14.5. The zero-order valence-corrected chi connectivity index (χ0v) is 26.9. The monoisotopic (exact) mass is 624 g/mol. The van der Waals surface area contributed by atoms with Crippen LogP contribution in [0.5, 0.6) is 0 Å². The second-order valence-electron chi connectivity index (χ2n) is 12.6. The Balaban J connectivity index is 1.20. The minimum Gasteiger partial charge on any atom is -0.228 e. The molecule has 49 heavy (non-hydrogen) atoms. The number of rotatable bonds is 6. The highest BCUT2D eigenvalue weighted by Gasteiger charge is 2.45. The molecule has 0 radical (unpaired) electrons. The zero-order valence-electron chi connectivity index (χ0n) is 26.9. The van der Waals surface area contributed by atoms with Gasteiger partial charge in [0.15, 0.2) is 5.82 Å². The first-order valence-corrected chi connectivity index (χ1v) is 16.8. The van der Waals surface area contributed by atoms with E-state index in [0.29, 0.717) is 5.82 Å². The van der Waals surface area contributed by atoms with Gasteiger partial charge in [-0.1, -0.05) is 176 Å². The molecule has 8 aromatic rings. The lowest BCUT2D eigenvalue weighted by molar-refractivity contribution is 0.769. The molecule has 2 heteroatoms. The van der Waals surface area contributed by atoms with E-state index in [9.17, 15) is 0 Å². The summed E-state index contributed by atoms with van der Waals surface area (Å²) in [6.45, 7) is 0. The molecule has 2 nitrogen and oxygen atoms in total. The summed E-state index contributed by atoms with van der Waals surface area (Å²) < 4.78 is 0. The minimum absolute atomic E-state index is 0.441. The van der Waals surface area contributed by atoms with Crippen LogP contribution in [-0.4, -0.2) is 9.97 Å². The third-order valence-electron chi connectivity index (χ3n) is 9.77. The Morgan fingerprint density at radius 1 is 0.306 bits per heavy atom. The predicted molar refractivity (Wildman–Crippen MR) is 201 cm³/mol. The molecule has 1 aliphatic carbocycles. The number of fused-ring (bicyclic) bond motifs is 3. The molecule has 0 amide bonds. The first kappa shape index (κ1) is 28.8. The van der Waals surface area contributed by atoms with Gasteiger partial charge in [-0.3, -0.25) is 0 Å². The maximum atomic E-state index is 5.10. The van der Waals surface area contributed by atoms with Crippen LogP contribution < -0.4 is 0 Å². The van der Waals surface area contributed by atoms with Crippen LogP contribution in [0, 0.1) is 0 Å². The topological polar surface area (TPSA) is 25.8 Å². The second-order valence-corrected chi connectivity index (χ2v) is 12.6. The number of aromatic nitrogens is 2. The number of benzene rings is 7. The van der Waals surface area contributed by atoms with E-state index in [1.807, 2.05) is 24.3 Å². The summed E-state index contributed by atoms with van der Waals surface area (Å²) in [5, 5.41) is 0. The summed E-state index contributed by atoms with van der Waals surface area (Å²) in [6, 6.07) is 69.3. The molecule has 0 bridgehead atoms. The molecule has 9 rings (SSSR count). The molecule has 0 unspecified atom stereocenters. The molecular formula is C47H32N2. The average molecular weight is 625 g/mol. The van der Waals surface area contributed by atoms with Crippen LogP contribution in [-0.2, 0) is 5.41 Å². The highest BCUT2D eigenvalue weighted by Crippen LogP contribution is 2.56. The molecule has 0 N–H and O–H groups in total. The van der Waals surface area contributed by atoms with Gasteiger partial charge in [0.05, 0.1) is 16.8 Å². The van der Waals surface area contributed by atoms with Crippen molar-refractivity contribution in [2.24, 2.45) is 0 Å². The van der Waals surface area contributed by atoms with Gasteiger partial charge in [0.2, 0.25) is 0 Å². The number of nitrogens with zero attached hydrogens (tertiary/aromatic N) is 2. The fraction of sp³-hybridized carbons (Fsp3) is 0.0213. The van der Waals surface area contributed by atoms with Crippen molar-refractivity contribution in [3.05, 3.63) is 216 Å². The maximum absolute atomic E-state index is 5.10. The van der Waals surface area contributed by atoms with Crippen molar-refractivity contribution in [3.63, 3.8) is 0 Å². The number of hydrogen-bond donors (Lipinski definition) is 0. The van der Waals surface area contributed by atoms with Crippen molar-refractivity contribution in [1.82, 2.24) is 9.97 Å². The van der Waals surface area contributed by atoms with Crippen molar-refractivity contribution in [3.8, 4) is 56.2 Å². The van der Waals surface area contributed by atoms with Crippen LogP contribution in [0.2, 0.25) is 0 Å². The highest BCUT2D eigenvalue weighted by molar-refractivity contribution is 5.87. The molecule has 1 aromatic heterocycles. The summed E-state index contributed by atoms with van der Waals surface area (Å²) in [5.74, 6) is 0.715. The Hall–Kier alpha value is -6.38. The fourth-order valence-corrected chi connectivity index (χ4v) is 7.57. The molecule has 0 fully saturated rings. The normalized spacial score (nSPS) is 12.7. The zero-order chi connectivity index (χ0) is 32.6. The van der Waals surface area contributed by atoms with Crippen molar-refractivity contribution in [2.45, 2.75) is 5.41 Å². The molecule has 1 aliphatic rings. The summed E-state index contributed by atoms with van der Waals surface area (Å²) in [4.78, 5) is 10.1. The first-order chi connectivity index (χ1) is 24.3. The van der Waals surface area contributed by atoms with Crippen LogP contribution >= 0.6 is 0 Å². The lowest BCUT2D eigenvalue weighted by Gasteiger charge is -2.34. The molecule has 0 saturated heterocycles. The van der Waals surface area contributed by atoms with E-state index in [2.05, 4.69) is 170 Å². The predicted octanol–water partition coefficient (Wildman–Crippen LogP) is 11.5. The lowest BCUT2D eigenvalue weighted by atomic mass is 9.67. The third-order valence-corrected chi connectivity index (χ3v) is 9.77. The van der Waals surface area contributed by atoms with Crippen molar-refractivity contribution >= 4 is 0 Å². The Bertz CT molecular complexity index is 2330. The molecule has 1 heterocycles. The van der Waals surface area contributed by atoms with Crippen LogP contribution in [0.25, 0.3) is 56.2 Å². The van der Waals surface area contributed by atoms with Gasteiger partial charge in [0, 0.05) is 16.7 Å². The molecule has 0 aliphatic heterocycles. The van der Waals surface area contributed by atoms with E-state index in [-0.39, 0.29) is 0 Å². The first-order valence-electron chi connectivity index (χ1n) is 16.8. The summed E-state index contributed by atoms with van der Waals surface area (Å²) in [6.07, 6.45) is 0. The van der Waals surface area contributed by atoms with Gasteiger partial charge >= 0.3 is 0 Å². The van der Waals surface area contributed by atoms with Gasteiger partial charge in [-0.05, 0) is 62.7 Å². The Kier molecular flexibility index (Phi) is 7.06. The van der Waals surface area contributed by atoms with Gasteiger partial charge in [-0.25, -0.2) is 9.97 Å². The largest absolute Gasteiger partial charge is 0.228 e. The Labute approximate surface area is 287 Å². The van der Waals surface area contributed by atoms with Gasteiger partial charge in [-0.2, -0.15) is 0 Å². The molecular weight excluding hydrogens is 593 g/mol.